The molecule has 0 heterocycles. The zero-order valence-corrected chi connectivity index (χ0v) is 11.6. The topological polar surface area (TPSA) is 69.4 Å². The van der Waals surface area contributed by atoms with Crippen LogP contribution in [0.5, 0.6) is 5.75 Å². The molecular formula is C10H13Cl2NO3S. The normalized spacial score (nSPS) is 11.5. The number of rotatable bonds is 5. The smallest absolute Gasteiger partial charge is 0.238 e. The predicted octanol–water partition coefficient (Wildman–Crippen LogP) is 2.82. The lowest BCUT2D eigenvalue weighted by molar-refractivity contribution is 0.309. The molecule has 7 heteroatoms. The van der Waals surface area contributed by atoms with Crippen molar-refractivity contribution in [2.75, 3.05) is 6.61 Å². The molecule has 17 heavy (non-hydrogen) atoms. The molecule has 1 aromatic rings. The van der Waals surface area contributed by atoms with Crippen molar-refractivity contribution in [3.8, 4) is 5.75 Å². The highest BCUT2D eigenvalue weighted by atomic mass is 35.5. The van der Waals surface area contributed by atoms with Crippen molar-refractivity contribution in [1.82, 2.24) is 0 Å². The molecule has 0 aliphatic rings. The first kappa shape index (κ1) is 14.6. The summed E-state index contributed by atoms with van der Waals surface area (Å²) in [5, 5.41) is 5.25. The van der Waals surface area contributed by atoms with Crippen LogP contribution in [0.25, 0.3) is 0 Å². The van der Waals surface area contributed by atoms with E-state index in [1.54, 1.807) is 0 Å². The summed E-state index contributed by atoms with van der Waals surface area (Å²) in [5.41, 5.74) is 0. The van der Waals surface area contributed by atoms with Gasteiger partial charge in [0.15, 0.2) is 5.75 Å². The van der Waals surface area contributed by atoms with Gasteiger partial charge in [-0.2, -0.15) is 0 Å². The number of hydrogen-bond acceptors (Lipinski definition) is 3. The first-order valence-electron chi connectivity index (χ1n) is 5.01. The van der Waals surface area contributed by atoms with E-state index in [-0.39, 0.29) is 20.7 Å². The monoisotopic (exact) mass is 297 g/mol. The highest BCUT2D eigenvalue weighted by molar-refractivity contribution is 7.89. The van der Waals surface area contributed by atoms with Crippen LogP contribution >= 0.6 is 23.2 Å². The second-order valence-electron chi connectivity index (χ2n) is 3.46. The van der Waals surface area contributed by atoms with Crippen molar-refractivity contribution in [2.45, 2.75) is 24.7 Å². The van der Waals surface area contributed by atoms with Crippen molar-refractivity contribution >= 4 is 33.2 Å². The van der Waals surface area contributed by atoms with E-state index < -0.39 is 10.0 Å². The standard InChI is InChI=1S/C10H13Cl2NO3S/c1-2-3-4-16-10-8(11)5-7(6-9(10)12)17(13,14)15/h5-6H,2-4H2,1H3,(H2,13,14,15). The van der Waals surface area contributed by atoms with Gasteiger partial charge in [-0.25, -0.2) is 13.6 Å². The number of benzene rings is 1. The summed E-state index contributed by atoms with van der Waals surface area (Å²) in [6.07, 6.45) is 1.84. The average molecular weight is 298 g/mol. The largest absolute Gasteiger partial charge is 0.490 e. The summed E-state index contributed by atoms with van der Waals surface area (Å²) in [6.45, 7) is 2.50. The highest BCUT2D eigenvalue weighted by Gasteiger charge is 2.15. The average Bonchev–Trinajstić information content (AvgIpc) is 2.20. The third-order valence-electron chi connectivity index (χ3n) is 2.04. The van der Waals surface area contributed by atoms with Crippen molar-refractivity contribution in [3.63, 3.8) is 0 Å². The first-order chi connectivity index (χ1) is 7.86. The van der Waals surface area contributed by atoms with Gasteiger partial charge in [0.2, 0.25) is 10.0 Å². The molecule has 0 unspecified atom stereocenters. The number of hydrogen-bond donors (Lipinski definition) is 1. The van der Waals surface area contributed by atoms with E-state index in [4.69, 9.17) is 33.1 Å². The molecule has 0 aliphatic heterocycles. The summed E-state index contributed by atoms with van der Waals surface area (Å²) in [6, 6.07) is 2.45. The Morgan fingerprint density at radius 2 is 1.82 bits per heavy atom. The van der Waals surface area contributed by atoms with Gasteiger partial charge >= 0.3 is 0 Å². The van der Waals surface area contributed by atoms with Gasteiger partial charge in [-0.15, -0.1) is 0 Å². The van der Waals surface area contributed by atoms with Gasteiger partial charge in [0.1, 0.15) is 0 Å². The van der Waals surface area contributed by atoms with Crippen LogP contribution in [0, 0.1) is 0 Å². The van der Waals surface area contributed by atoms with Crippen LogP contribution in [-0.4, -0.2) is 15.0 Å². The summed E-state index contributed by atoms with van der Waals surface area (Å²) in [5.74, 6) is 0.286. The van der Waals surface area contributed by atoms with Crippen LogP contribution < -0.4 is 9.88 Å². The van der Waals surface area contributed by atoms with E-state index in [0.717, 1.165) is 12.8 Å². The van der Waals surface area contributed by atoms with Gasteiger partial charge in [0.25, 0.3) is 0 Å². The van der Waals surface area contributed by atoms with E-state index in [1.807, 2.05) is 6.92 Å². The van der Waals surface area contributed by atoms with E-state index in [9.17, 15) is 8.42 Å². The molecule has 1 aromatic carbocycles. The van der Waals surface area contributed by atoms with Crippen molar-refractivity contribution in [2.24, 2.45) is 5.14 Å². The van der Waals surface area contributed by atoms with Gasteiger partial charge in [0.05, 0.1) is 21.5 Å². The maximum atomic E-state index is 11.1. The number of primary sulfonamides is 1. The van der Waals surface area contributed by atoms with Crippen molar-refractivity contribution in [3.05, 3.63) is 22.2 Å². The minimum atomic E-state index is -3.81. The van der Waals surface area contributed by atoms with E-state index >= 15 is 0 Å². The Bertz CT molecular complexity index is 479. The molecule has 0 bridgehead atoms. The van der Waals surface area contributed by atoms with Crippen LogP contribution in [-0.2, 0) is 10.0 Å². The molecule has 0 spiro atoms. The fraction of sp³-hybridized carbons (Fsp3) is 0.400. The second-order valence-corrected chi connectivity index (χ2v) is 5.84. The zero-order chi connectivity index (χ0) is 13.1. The van der Waals surface area contributed by atoms with Crippen LogP contribution in [0.3, 0.4) is 0 Å². The van der Waals surface area contributed by atoms with Gasteiger partial charge in [-0.1, -0.05) is 36.5 Å². The Morgan fingerprint density at radius 3 is 2.24 bits per heavy atom. The third-order valence-corrected chi connectivity index (χ3v) is 3.50. The molecule has 0 amide bonds. The van der Waals surface area contributed by atoms with Crippen molar-refractivity contribution in [1.29, 1.82) is 0 Å². The molecule has 0 saturated carbocycles. The Labute approximate surface area is 111 Å². The van der Waals surface area contributed by atoms with Gasteiger partial charge < -0.3 is 4.74 Å². The lowest BCUT2D eigenvalue weighted by Gasteiger charge is -2.10. The number of nitrogens with two attached hydrogens (primary N) is 1. The number of ether oxygens (including phenoxy) is 1. The number of halogens is 2. The van der Waals surface area contributed by atoms with Gasteiger partial charge in [-0.05, 0) is 18.6 Å². The van der Waals surface area contributed by atoms with Gasteiger partial charge in [0, 0.05) is 0 Å². The lowest BCUT2D eigenvalue weighted by Crippen LogP contribution is -2.12. The van der Waals surface area contributed by atoms with Gasteiger partial charge in [-0.3, -0.25) is 0 Å². The van der Waals surface area contributed by atoms with Crippen LogP contribution in [0.4, 0.5) is 0 Å². The molecule has 2 N–H and O–H groups in total. The molecule has 0 aromatic heterocycles. The fourth-order valence-corrected chi connectivity index (χ4v) is 2.45. The molecule has 0 atom stereocenters. The molecule has 0 radical (unpaired) electrons. The predicted molar refractivity (Wildman–Crippen MR) is 68.2 cm³/mol. The Morgan fingerprint density at radius 1 is 1.29 bits per heavy atom. The van der Waals surface area contributed by atoms with Crippen molar-refractivity contribution < 1.29 is 13.2 Å². The molecular weight excluding hydrogens is 285 g/mol. The summed E-state index contributed by atoms with van der Waals surface area (Å²) >= 11 is 11.8. The molecule has 4 nitrogen and oxygen atoms in total. The van der Waals surface area contributed by atoms with Crippen LogP contribution in [0.15, 0.2) is 17.0 Å². The fourth-order valence-electron chi connectivity index (χ4n) is 1.16. The van der Waals surface area contributed by atoms with E-state index in [0.29, 0.717) is 6.61 Å². The third kappa shape index (κ3) is 4.03. The maximum Gasteiger partial charge on any atom is 0.238 e. The molecule has 0 aliphatic carbocycles. The quantitative estimate of drug-likeness (QED) is 0.850. The molecule has 0 saturated heterocycles. The second kappa shape index (κ2) is 5.91. The number of unbranched alkanes of at least 4 members (excludes halogenated alkanes) is 1. The van der Waals surface area contributed by atoms with Crippen LogP contribution in [0.1, 0.15) is 19.8 Å². The maximum absolute atomic E-state index is 11.1. The first-order valence-corrected chi connectivity index (χ1v) is 7.31. The summed E-state index contributed by atoms with van der Waals surface area (Å²) < 4.78 is 27.6. The Kier molecular flexibility index (Phi) is 5.06. The minimum absolute atomic E-state index is 0.129. The number of sulfonamides is 1. The molecule has 96 valence electrons. The Balaban J connectivity index is 3.03. The summed E-state index contributed by atoms with van der Waals surface area (Å²) in [7, 11) is -3.81. The minimum Gasteiger partial charge on any atom is -0.490 e. The lowest BCUT2D eigenvalue weighted by atomic mass is 10.3. The molecule has 0 fully saturated rings. The molecule has 1 rings (SSSR count). The SMILES string of the molecule is CCCCOc1c(Cl)cc(S(N)(=O)=O)cc1Cl. The highest BCUT2D eigenvalue weighted by Crippen LogP contribution is 2.35. The van der Waals surface area contributed by atoms with Crippen LogP contribution in [0.2, 0.25) is 10.0 Å². The Hall–Kier alpha value is -0.490. The zero-order valence-electron chi connectivity index (χ0n) is 9.24. The van der Waals surface area contributed by atoms with E-state index in [2.05, 4.69) is 0 Å². The summed E-state index contributed by atoms with van der Waals surface area (Å²) in [4.78, 5) is -0.129. The van der Waals surface area contributed by atoms with E-state index in [1.165, 1.54) is 12.1 Å².